The zero-order chi connectivity index (χ0) is 7.98. The molecule has 0 amide bonds. The highest BCUT2D eigenvalue weighted by Gasteiger charge is 1.93. The molecule has 0 spiro atoms. The van der Waals surface area contributed by atoms with Crippen LogP contribution in [-0.2, 0) is 14.3 Å². The highest BCUT2D eigenvalue weighted by molar-refractivity contribution is 6.66. The van der Waals surface area contributed by atoms with Crippen LogP contribution in [0.4, 0.5) is 0 Å². The van der Waals surface area contributed by atoms with Crippen LogP contribution >= 0.6 is 11.6 Å². The van der Waals surface area contributed by atoms with Crippen molar-refractivity contribution in [2.45, 2.75) is 6.92 Å². The summed E-state index contributed by atoms with van der Waals surface area (Å²) >= 11 is 4.89. The molecule has 0 rings (SSSR count). The Morgan fingerprint density at radius 3 is 2.50 bits per heavy atom. The van der Waals surface area contributed by atoms with Crippen LogP contribution in [0.3, 0.4) is 0 Å². The third-order valence-corrected chi connectivity index (χ3v) is 0.763. The molecule has 0 heterocycles. The van der Waals surface area contributed by atoms with Crippen molar-refractivity contribution in [3.05, 3.63) is 12.2 Å². The molecule has 0 radical (unpaired) electrons. The van der Waals surface area contributed by atoms with Gasteiger partial charge in [-0.15, -0.1) is 0 Å². The van der Waals surface area contributed by atoms with E-state index in [0.717, 1.165) is 12.2 Å². The molecule has 0 aromatic carbocycles. The topological polar surface area (TPSA) is 43.4 Å². The zero-order valence-corrected chi connectivity index (χ0v) is 6.22. The average Bonchev–Trinajstić information content (AvgIpc) is 1.85. The molecule has 0 aliphatic heterocycles. The van der Waals surface area contributed by atoms with Gasteiger partial charge in [0, 0.05) is 12.2 Å². The molecular weight excluding hydrogens is 156 g/mol. The summed E-state index contributed by atoms with van der Waals surface area (Å²) in [6.07, 6.45) is 1.93. The Labute approximate surface area is 63.6 Å². The molecule has 0 fully saturated rings. The highest BCUT2D eigenvalue weighted by atomic mass is 35.5. The summed E-state index contributed by atoms with van der Waals surface area (Å²) in [5.41, 5.74) is 0. The molecule has 3 nitrogen and oxygen atoms in total. The summed E-state index contributed by atoms with van der Waals surface area (Å²) in [4.78, 5) is 20.5. The van der Waals surface area contributed by atoms with E-state index in [0.29, 0.717) is 6.61 Å². The van der Waals surface area contributed by atoms with Crippen molar-refractivity contribution >= 4 is 22.8 Å². The lowest BCUT2D eigenvalue weighted by Gasteiger charge is -1.92. The second-order valence-electron chi connectivity index (χ2n) is 1.39. The molecule has 0 aliphatic rings. The van der Waals surface area contributed by atoms with Gasteiger partial charge in [-0.05, 0) is 18.5 Å². The molecule has 0 aromatic heterocycles. The van der Waals surface area contributed by atoms with Gasteiger partial charge in [-0.25, -0.2) is 4.79 Å². The number of carbonyl (C=O) groups is 2. The van der Waals surface area contributed by atoms with E-state index in [9.17, 15) is 9.59 Å². The van der Waals surface area contributed by atoms with Crippen molar-refractivity contribution in [2.24, 2.45) is 0 Å². The third-order valence-electron chi connectivity index (χ3n) is 0.637. The van der Waals surface area contributed by atoms with Crippen molar-refractivity contribution in [3.63, 3.8) is 0 Å². The Bertz CT molecular complexity index is 162. The summed E-state index contributed by atoms with van der Waals surface area (Å²) in [5.74, 6) is -0.559. The van der Waals surface area contributed by atoms with Gasteiger partial charge >= 0.3 is 5.97 Å². The monoisotopic (exact) mass is 162 g/mol. The zero-order valence-electron chi connectivity index (χ0n) is 5.46. The van der Waals surface area contributed by atoms with Gasteiger partial charge in [-0.3, -0.25) is 4.79 Å². The standard InChI is InChI=1S/C6H7ClO3/c1-2-10-6(9)4-3-5(7)8/h3-4H,2H2,1H3. The fraction of sp³-hybridized carbons (Fsp3) is 0.333. The maximum atomic E-state index is 10.4. The highest BCUT2D eigenvalue weighted by Crippen LogP contribution is 1.85. The van der Waals surface area contributed by atoms with E-state index in [1.165, 1.54) is 0 Å². The predicted octanol–water partition coefficient (Wildman–Crippen LogP) is 0.871. The van der Waals surface area contributed by atoms with Gasteiger partial charge in [-0.2, -0.15) is 0 Å². The van der Waals surface area contributed by atoms with E-state index in [2.05, 4.69) is 4.74 Å². The van der Waals surface area contributed by atoms with Crippen molar-refractivity contribution in [1.29, 1.82) is 0 Å². The first kappa shape index (κ1) is 9.17. The SMILES string of the molecule is CCOC(=O)C=CC(=O)Cl. The van der Waals surface area contributed by atoms with Gasteiger partial charge in [0.2, 0.25) is 5.24 Å². The molecule has 0 N–H and O–H groups in total. The quantitative estimate of drug-likeness (QED) is 0.351. The maximum absolute atomic E-state index is 10.4. The normalized spacial score (nSPS) is 9.80. The molecule has 0 saturated carbocycles. The second kappa shape index (κ2) is 4.99. The largest absolute Gasteiger partial charge is 0.463 e. The van der Waals surface area contributed by atoms with Gasteiger partial charge in [0.1, 0.15) is 0 Å². The Balaban J connectivity index is 3.67. The number of hydrogen-bond donors (Lipinski definition) is 0. The molecule has 0 unspecified atom stereocenters. The minimum absolute atomic E-state index is 0.291. The van der Waals surface area contributed by atoms with Gasteiger partial charge in [0.25, 0.3) is 0 Å². The minimum Gasteiger partial charge on any atom is -0.463 e. The Kier molecular flexibility index (Phi) is 4.58. The lowest BCUT2D eigenvalue weighted by atomic mass is 10.5. The van der Waals surface area contributed by atoms with E-state index in [-0.39, 0.29) is 0 Å². The molecule has 0 atom stereocenters. The van der Waals surface area contributed by atoms with Crippen molar-refractivity contribution in [2.75, 3.05) is 6.61 Å². The van der Waals surface area contributed by atoms with Crippen LogP contribution in [0.25, 0.3) is 0 Å². The van der Waals surface area contributed by atoms with Crippen LogP contribution < -0.4 is 0 Å². The number of hydrogen-bond acceptors (Lipinski definition) is 3. The first-order valence-electron chi connectivity index (χ1n) is 2.71. The predicted molar refractivity (Wildman–Crippen MR) is 36.6 cm³/mol. The summed E-state index contributed by atoms with van der Waals surface area (Å²) < 4.78 is 4.46. The lowest BCUT2D eigenvalue weighted by Crippen LogP contribution is -1.99. The second-order valence-corrected chi connectivity index (χ2v) is 1.76. The molecule has 0 aliphatic carbocycles. The third kappa shape index (κ3) is 5.31. The van der Waals surface area contributed by atoms with E-state index in [4.69, 9.17) is 11.6 Å². The molecule has 10 heavy (non-hydrogen) atoms. The first-order chi connectivity index (χ1) is 4.66. The van der Waals surface area contributed by atoms with Crippen molar-refractivity contribution in [1.82, 2.24) is 0 Å². The number of esters is 1. The number of allylic oxidation sites excluding steroid dienone is 1. The van der Waals surface area contributed by atoms with E-state index in [1.54, 1.807) is 6.92 Å². The fourth-order valence-electron chi connectivity index (χ4n) is 0.324. The van der Waals surface area contributed by atoms with Crippen LogP contribution in [0.2, 0.25) is 0 Å². The van der Waals surface area contributed by atoms with E-state index in [1.807, 2.05) is 0 Å². The molecule has 56 valence electrons. The van der Waals surface area contributed by atoms with Crippen molar-refractivity contribution in [3.8, 4) is 0 Å². The van der Waals surface area contributed by atoms with Crippen molar-refractivity contribution < 1.29 is 14.3 Å². The van der Waals surface area contributed by atoms with E-state index < -0.39 is 11.2 Å². The van der Waals surface area contributed by atoms with Crippen LogP contribution in [0.15, 0.2) is 12.2 Å². The molecule has 0 aromatic rings. The van der Waals surface area contributed by atoms with Crippen LogP contribution in [0.5, 0.6) is 0 Å². The Morgan fingerprint density at radius 2 is 2.10 bits per heavy atom. The first-order valence-corrected chi connectivity index (χ1v) is 3.09. The number of halogens is 1. The van der Waals surface area contributed by atoms with Gasteiger partial charge in [-0.1, -0.05) is 0 Å². The van der Waals surface area contributed by atoms with Gasteiger partial charge in [0.15, 0.2) is 0 Å². The van der Waals surface area contributed by atoms with Crippen LogP contribution in [0, 0.1) is 0 Å². The molecule has 4 heteroatoms. The van der Waals surface area contributed by atoms with Crippen LogP contribution in [-0.4, -0.2) is 17.8 Å². The maximum Gasteiger partial charge on any atom is 0.330 e. The number of rotatable bonds is 3. The van der Waals surface area contributed by atoms with Gasteiger partial charge < -0.3 is 4.74 Å². The average molecular weight is 163 g/mol. The number of ether oxygens (including phenoxy) is 1. The molecule has 0 saturated heterocycles. The molecule has 0 bridgehead atoms. The summed E-state index contributed by atoms with van der Waals surface area (Å²) in [5, 5.41) is -0.687. The van der Waals surface area contributed by atoms with Crippen LogP contribution in [0.1, 0.15) is 6.92 Å². The fourth-order valence-corrected chi connectivity index (χ4v) is 0.387. The molecular formula is C6H7ClO3. The number of carbonyl (C=O) groups excluding carboxylic acids is 2. The van der Waals surface area contributed by atoms with Gasteiger partial charge in [0.05, 0.1) is 6.61 Å². The van der Waals surface area contributed by atoms with E-state index >= 15 is 0 Å². The summed E-state index contributed by atoms with van der Waals surface area (Å²) in [7, 11) is 0. The summed E-state index contributed by atoms with van der Waals surface area (Å²) in [6, 6.07) is 0. The Hall–Kier alpha value is -0.830. The smallest absolute Gasteiger partial charge is 0.330 e. The minimum atomic E-state index is -0.687. The Morgan fingerprint density at radius 1 is 1.50 bits per heavy atom. The lowest BCUT2D eigenvalue weighted by molar-refractivity contribution is -0.137. The summed E-state index contributed by atoms with van der Waals surface area (Å²) in [6.45, 7) is 1.97.